The molecule has 26 aromatic carbocycles. The van der Waals surface area contributed by atoms with E-state index in [9.17, 15) is 0 Å². The number of fused-ring (bicyclic) bond motifs is 18. The molecule has 0 bridgehead atoms. The third kappa shape index (κ3) is 12.3. The fourth-order valence-electron chi connectivity index (χ4n) is 20.6. The molecule has 0 aromatic heterocycles. The second-order valence-corrected chi connectivity index (χ2v) is 32.8. The molecule has 0 N–H and O–H groups in total. The maximum Gasteiger partial charge on any atom is 0.0629 e. The zero-order valence-corrected chi connectivity index (χ0v) is 68.6. The molecule has 0 aliphatic carbocycles. The Morgan fingerprint density at radius 3 is 0.714 bits per heavy atom. The Balaban J connectivity index is 0.000000110. The largest absolute Gasteiger partial charge is 0.0629 e. The molecule has 0 heterocycles. The molecule has 0 heteroatoms. The van der Waals surface area contributed by atoms with Crippen molar-refractivity contribution in [3.63, 3.8) is 0 Å². The summed E-state index contributed by atoms with van der Waals surface area (Å²) in [5.74, 6) is 0. The van der Waals surface area contributed by atoms with Crippen molar-refractivity contribution in [2.24, 2.45) is 0 Å². The average molecular weight is 1600 g/mol. The van der Waals surface area contributed by atoms with Gasteiger partial charge in [-0.05, 0) is 281 Å². The van der Waals surface area contributed by atoms with Gasteiger partial charge in [-0.1, -0.05) is 455 Å². The second-order valence-electron chi connectivity index (χ2n) is 32.8. The van der Waals surface area contributed by atoms with Crippen LogP contribution in [0.15, 0.2) is 485 Å². The van der Waals surface area contributed by atoms with Crippen LogP contribution in [-0.2, 0) is 0 Å². The molecule has 0 saturated heterocycles. The molecule has 0 aliphatic heterocycles. The summed E-state index contributed by atoms with van der Waals surface area (Å²) in [6, 6.07) is 157. The van der Waals surface area contributed by atoms with E-state index in [1.54, 1.807) is 0 Å². The van der Waals surface area contributed by atoms with Crippen molar-refractivity contribution in [2.45, 2.75) is 0 Å². The first kappa shape index (κ1) is 66.3. The van der Waals surface area contributed by atoms with E-state index in [1.165, 1.54) is 180 Å². The van der Waals surface area contributed by atoms with Crippen molar-refractivity contribution in [1.29, 1.82) is 0 Å². The van der Waals surface area contributed by atoms with Crippen LogP contribution in [0.5, 0.6) is 0 Å². The van der Waals surface area contributed by atoms with E-state index in [1.807, 2.05) is 66.7 Å². The molecule has 26 aromatic rings. The maximum atomic E-state index is 9.15. The van der Waals surface area contributed by atoms with Gasteiger partial charge in [0.05, 0.1) is 9.60 Å². The Morgan fingerprint density at radius 1 is 0.111 bits per heavy atom. The summed E-state index contributed by atoms with van der Waals surface area (Å²) < 4.78 is 60.9. The third-order valence-corrected chi connectivity index (χ3v) is 26.0. The summed E-state index contributed by atoms with van der Waals surface area (Å²) in [5.41, 5.74) is 18.2. The van der Waals surface area contributed by atoms with E-state index >= 15 is 0 Å². The molecule has 126 heavy (non-hydrogen) atoms. The molecule has 26 rings (SSSR count). The number of hydrogen-bond donors (Lipinski definition) is 0. The quantitative estimate of drug-likeness (QED) is 0.105. The minimum absolute atomic E-state index is 0.0465. The Kier molecular flexibility index (Phi) is 16.3. The van der Waals surface area contributed by atoms with Gasteiger partial charge in [-0.2, -0.15) is 0 Å². The zero-order chi connectivity index (χ0) is 89.2. The smallest absolute Gasteiger partial charge is 0.0622 e. The third-order valence-electron chi connectivity index (χ3n) is 26.0. The van der Waals surface area contributed by atoms with Gasteiger partial charge in [0.25, 0.3) is 0 Å². The monoisotopic (exact) mass is 1600 g/mol. The molecule has 0 saturated carbocycles. The van der Waals surface area contributed by atoms with Crippen LogP contribution in [0.25, 0.3) is 251 Å². The lowest BCUT2D eigenvalue weighted by Crippen LogP contribution is -1.93. The van der Waals surface area contributed by atoms with Crippen LogP contribution in [-0.4, -0.2) is 0 Å². The van der Waals surface area contributed by atoms with Gasteiger partial charge in [-0.3, -0.25) is 0 Å². The minimum Gasteiger partial charge on any atom is -0.0622 e. The van der Waals surface area contributed by atoms with Gasteiger partial charge in [0.2, 0.25) is 0 Å². The molecule has 0 unspecified atom stereocenters. The van der Waals surface area contributed by atoms with E-state index in [4.69, 9.17) is 9.60 Å². The van der Waals surface area contributed by atoms with Gasteiger partial charge < -0.3 is 0 Å². The first-order valence-corrected chi connectivity index (χ1v) is 43.2. The van der Waals surface area contributed by atoms with Gasteiger partial charge in [0, 0.05) is 0 Å². The highest BCUT2D eigenvalue weighted by Crippen LogP contribution is 2.53. The Hall–Kier alpha value is -16.4. The standard InChI is InChI=1S/2C44H28.C38H24/c1-2-14-29(15-3-1)32-26-30-16-4-7-19-34(30)41(28-32)43-37-22-10-12-24-39(37)44(40-25-13-11-23-38(40)43)42-27-31-17-5-6-18-33(31)35-20-8-9-21-36(35)42;1-2-14-29(15-3-1)32-26-27-41(35-20-8-6-19-34(32)35)43-37-22-10-12-24-39(37)44(40-25-13-11-23-38(40)43)42-28-30-16-4-5-17-31(30)33-18-7-9-21-36(33)42;1-3-15-27-25(12-1)14-11-23-31(27)37-32-19-7-9-21-34(32)38(35-22-10-8-20-33(35)37)36-24-26-13-2-4-16-28(26)29-17-5-6-18-30(29)36/h2*1-28H;1-24H/i;;1D,3D,11D,12D,14D,15D,23D. The lowest BCUT2D eigenvalue weighted by Gasteiger charge is -2.21. The summed E-state index contributed by atoms with van der Waals surface area (Å²) in [4.78, 5) is 0. The summed E-state index contributed by atoms with van der Waals surface area (Å²) >= 11 is 0. The maximum absolute atomic E-state index is 9.15. The fraction of sp³-hybridized carbons (Fsp3) is 0. The predicted molar refractivity (Wildman–Crippen MR) is 545 cm³/mol. The van der Waals surface area contributed by atoms with Crippen LogP contribution in [0.1, 0.15) is 9.60 Å². The van der Waals surface area contributed by atoms with E-state index in [-0.39, 0.29) is 46.5 Å². The zero-order valence-electron chi connectivity index (χ0n) is 75.6. The molecule has 0 radical (unpaired) electrons. The molecular weight excluding hydrogens is 1510 g/mol. The minimum atomic E-state index is -0.461. The van der Waals surface area contributed by atoms with Gasteiger partial charge in [-0.25, -0.2) is 0 Å². The Labute approximate surface area is 740 Å². The summed E-state index contributed by atoms with van der Waals surface area (Å²) in [6.07, 6.45) is 0. The molecule has 0 aliphatic rings. The summed E-state index contributed by atoms with van der Waals surface area (Å²) in [5, 5.41) is 33.5. The molecule has 0 atom stereocenters. The Bertz CT molecular complexity index is 9190. The van der Waals surface area contributed by atoms with Gasteiger partial charge in [0.15, 0.2) is 0 Å². The highest BCUT2D eigenvalue weighted by Gasteiger charge is 2.26. The van der Waals surface area contributed by atoms with Crippen LogP contribution in [0.3, 0.4) is 0 Å². The summed E-state index contributed by atoms with van der Waals surface area (Å²) in [7, 11) is 0. The van der Waals surface area contributed by atoms with Crippen LogP contribution in [0.2, 0.25) is 0 Å². The number of hydrogen-bond acceptors (Lipinski definition) is 0. The van der Waals surface area contributed by atoms with Crippen LogP contribution < -0.4 is 0 Å². The number of benzene rings is 26. The number of rotatable bonds is 8. The SMILES string of the molecule is [2H]c1c([2H])c([2H])c2c(-c3c4ccccc4c(-c4cc5ccccc5c5ccccc45)c4ccccc34)c([2H])c([2H])c([2H])c2c1[2H].c1ccc(-c2cc(-c3c4ccccc4c(-c4cc5ccccc5c5ccccc45)c4ccccc34)c3ccccc3c2)cc1.c1ccc(-c2ccc(-c3c4ccccc4c(-c4cc5ccccc5c5ccccc45)c4ccccc34)c3ccccc23)cc1. The topological polar surface area (TPSA) is 0 Å². The molecule has 0 spiro atoms. The lowest BCUT2D eigenvalue weighted by atomic mass is 9.82. The lowest BCUT2D eigenvalue weighted by molar-refractivity contribution is 1.63. The van der Waals surface area contributed by atoms with Crippen molar-refractivity contribution in [2.75, 3.05) is 0 Å². The van der Waals surface area contributed by atoms with E-state index in [0.717, 1.165) is 48.8 Å². The van der Waals surface area contributed by atoms with Gasteiger partial charge in [-0.15, -0.1) is 0 Å². The molecule has 584 valence electrons. The van der Waals surface area contributed by atoms with E-state index in [2.05, 4.69) is 376 Å². The van der Waals surface area contributed by atoms with Crippen LogP contribution in [0.4, 0.5) is 0 Å². The van der Waals surface area contributed by atoms with E-state index < -0.39 is 12.1 Å². The van der Waals surface area contributed by atoms with Gasteiger partial charge in [0.1, 0.15) is 0 Å². The molecule has 0 nitrogen and oxygen atoms in total. The van der Waals surface area contributed by atoms with Crippen molar-refractivity contribution >= 4 is 162 Å². The average Bonchev–Trinajstić information content (AvgIpc) is 0.704. The van der Waals surface area contributed by atoms with E-state index in [0.29, 0.717) is 5.56 Å². The highest BCUT2D eigenvalue weighted by atomic mass is 14.3. The summed E-state index contributed by atoms with van der Waals surface area (Å²) in [6.45, 7) is 0. The van der Waals surface area contributed by atoms with Crippen molar-refractivity contribution < 1.29 is 9.60 Å². The van der Waals surface area contributed by atoms with Crippen LogP contribution in [0, 0.1) is 0 Å². The van der Waals surface area contributed by atoms with Crippen LogP contribution >= 0.6 is 0 Å². The first-order chi connectivity index (χ1) is 65.5. The van der Waals surface area contributed by atoms with Crippen molar-refractivity contribution in [3.05, 3.63) is 485 Å². The predicted octanol–water partition coefficient (Wildman–Crippen LogP) is 35.7. The highest BCUT2D eigenvalue weighted by molar-refractivity contribution is 6.32. The van der Waals surface area contributed by atoms with Crippen molar-refractivity contribution in [3.8, 4) is 89.0 Å². The Morgan fingerprint density at radius 2 is 0.349 bits per heavy atom. The molecule has 0 fully saturated rings. The first-order valence-electron chi connectivity index (χ1n) is 46.7. The second kappa shape index (κ2) is 30.9. The molecular formula is C126H80. The fourth-order valence-corrected chi connectivity index (χ4v) is 20.6. The van der Waals surface area contributed by atoms with Gasteiger partial charge >= 0.3 is 0 Å². The molecule has 0 amide bonds. The van der Waals surface area contributed by atoms with Crippen molar-refractivity contribution in [1.82, 2.24) is 0 Å². The normalized spacial score (nSPS) is 12.4.